The number of hydrogen-bond acceptors (Lipinski definition) is 5. The number of hydrogen-bond donors (Lipinski definition) is 0. The zero-order chi connectivity index (χ0) is 33.3. The summed E-state index contributed by atoms with van der Waals surface area (Å²) in [5.74, 6) is 0.413. The Balaban J connectivity index is 1.49. The molecule has 0 N–H and O–H groups in total. The molecule has 0 saturated carbocycles. The number of nitrogens with zero attached hydrogens (tertiary/aromatic N) is 4. The molecule has 6 rings (SSSR count). The van der Waals surface area contributed by atoms with E-state index in [0.29, 0.717) is 59.1 Å². The zero-order valence-electron chi connectivity index (χ0n) is 26.5. The second-order valence-electron chi connectivity index (χ2n) is 12.6. The van der Waals surface area contributed by atoms with Crippen LogP contribution in [-0.4, -0.2) is 55.5 Å². The number of carbonyl (C=O) groups is 1. The first-order valence-corrected chi connectivity index (χ1v) is 18.1. The summed E-state index contributed by atoms with van der Waals surface area (Å²) in [5, 5.41) is 12.2. The number of benzene rings is 4. The summed E-state index contributed by atoms with van der Waals surface area (Å²) in [5.41, 5.74) is 0.686. The maximum atomic E-state index is 16.2. The third-order valence-electron chi connectivity index (χ3n) is 8.79. The van der Waals surface area contributed by atoms with Crippen molar-refractivity contribution in [3.8, 4) is 16.9 Å². The fraction of sp³-hybridized carbons (Fsp3) is 0.216. The van der Waals surface area contributed by atoms with E-state index < -0.39 is 14.1 Å². The molecule has 1 aliphatic heterocycles. The number of aromatic nitrogens is 2. The van der Waals surface area contributed by atoms with E-state index in [2.05, 4.69) is 66.7 Å². The minimum atomic E-state index is -3.11. The fourth-order valence-corrected chi connectivity index (χ4v) is 11.4. The molecule has 240 valence electrons. The summed E-state index contributed by atoms with van der Waals surface area (Å²) < 4.78 is 23.5. The van der Waals surface area contributed by atoms with E-state index in [1.165, 1.54) is 12.1 Å². The smallest absolute Gasteiger partial charge is 0.319 e. The van der Waals surface area contributed by atoms with Gasteiger partial charge in [0.25, 0.3) is 0 Å². The Bertz CT molecular complexity index is 1910. The summed E-state index contributed by atoms with van der Waals surface area (Å²) in [6, 6.07) is 28.8. The summed E-state index contributed by atoms with van der Waals surface area (Å²) in [6.45, 7) is 12.2. The van der Waals surface area contributed by atoms with Crippen LogP contribution in [0.5, 0.6) is 5.75 Å². The minimum Gasteiger partial charge on any atom is -0.533 e. The van der Waals surface area contributed by atoms with Crippen molar-refractivity contribution in [1.29, 1.82) is 0 Å². The molecule has 1 fully saturated rings. The molecule has 47 heavy (non-hydrogen) atoms. The highest BCUT2D eigenvalue weighted by atomic mass is 35.5. The normalized spacial score (nSPS) is 13.9. The third kappa shape index (κ3) is 6.01. The highest BCUT2D eigenvalue weighted by molar-refractivity contribution is 7.00. The lowest BCUT2D eigenvalue weighted by Gasteiger charge is -2.43. The van der Waals surface area contributed by atoms with Crippen LogP contribution in [-0.2, 0) is 4.79 Å². The molecular weight excluding hydrogens is 650 g/mol. The van der Waals surface area contributed by atoms with Crippen LogP contribution in [0.1, 0.15) is 20.8 Å². The second kappa shape index (κ2) is 13.1. The molecule has 6 nitrogen and oxygen atoms in total. The van der Waals surface area contributed by atoms with Gasteiger partial charge in [-0.25, -0.2) is 4.39 Å². The van der Waals surface area contributed by atoms with Gasteiger partial charge in [0.2, 0.25) is 5.91 Å². The lowest BCUT2D eigenvalue weighted by molar-refractivity contribution is -0.126. The van der Waals surface area contributed by atoms with Crippen LogP contribution in [0.4, 0.5) is 10.2 Å². The predicted molar refractivity (Wildman–Crippen MR) is 192 cm³/mol. The first kappa shape index (κ1) is 32.7. The number of anilines is 1. The van der Waals surface area contributed by atoms with E-state index in [0.717, 1.165) is 10.4 Å². The van der Waals surface area contributed by atoms with Gasteiger partial charge in [0.05, 0.1) is 5.56 Å². The minimum absolute atomic E-state index is 0.106. The zero-order valence-corrected chi connectivity index (χ0v) is 29.0. The summed E-state index contributed by atoms with van der Waals surface area (Å²) >= 11 is 13.7. The standard InChI is InChI=1S/C37H35Cl2FN4O2Si/c1-5-33(45)43-19-21-44(22-20-43)36-28-24-30(38)29(23-27(28)35(39)41-42-36)34-31(40)17-12-18-32(34)46-47(37(2,3)4,25-13-8-6-9-14-25)26-15-10-7-11-16-26/h5-18,23-24H,1,19-22H2,2-4H3. The van der Waals surface area contributed by atoms with Crippen molar-refractivity contribution >= 4 is 64.4 Å². The monoisotopic (exact) mass is 684 g/mol. The van der Waals surface area contributed by atoms with Crippen molar-refractivity contribution in [3.63, 3.8) is 0 Å². The third-order valence-corrected chi connectivity index (χ3v) is 14.3. The Morgan fingerprint density at radius 2 is 1.49 bits per heavy atom. The number of rotatable bonds is 7. The molecule has 10 heteroatoms. The maximum absolute atomic E-state index is 16.2. The summed E-state index contributed by atoms with van der Waals surface area (Å²) in [4.78, 5) is 15.9. The number of piperazine rings is 1. The van der Waals surface area contributed by atoms with E-state index in [1.54, 1.807) is 29.2 Å². The van der Waals surface area contributed by atoms with Crippen LogP contribution in [0.2, 0.25) is 15.2 Å². The summed E-state index contributed by atoms with van der Waals surface area (Å²) in [7, 11) is -3.11. The SMILES string of the molecule is C=CC(=O)N1CCN(c2nnc(Cl)c3cc(-c4c(F)cccc4O[Si](c4ccccc4)(c4ccccc4)C(C)(C)C)c(Cl)cc23)CC1. The van der Waals surface area contributed by atoms with Gasteiger partial charge in [-0.3, -0.25) is 4.79 Å². The number of carbonyl (C=O) groups excluding carboxylic acids is 1. The molecule has 1 aliphatic rings. The number of halogens is 3. The molecule has 2 heterocycles. The average molecular weight is 686 g/mol. The Kier molecular flexibility index (Phi) is 9.11. The molecule has 4 aromatic carbocycles. The van der Waals surface area contributed by atoms with Gasteiger partial charge < -0.3 is 14.2 Å². The Morgan fingerprint density at radius 1 is 0.872 bits per heavy atom. The topological polar surface area (TPSA) is 58.6 Å². The molecule has 0 unspecified atom stereocenters. The fourth-order valence-electron chi connectivity index (χ4n) is 6.49. The van der Waals surface area contributed by atoms with Crippen molar-refractivity contribution in [1.82, 2.24) is 15.1 Å². The van der Waals surface area contributed by atoms with Gasteiger partial charge in [0.15, 0.2) is 11.0 Å². The predicted octanol–water partition coefficient (Wildman–Crippen LogP) is 7.52. The molecule has 0 atom stereocenters. The molecule has 0 bridgehead atoms. The van der Waals surface area contributed by atoms with Crippen LogP contribution in [0.3, 0.4) is 0 Å². The molecule has 0 radical (unpaired) electrons. The van der Waals surface area contributed by atoms with E-state index in [4.69, 9.17) is 27.6 Å². The van der Waals surface area contributed by atoms with Crippen molar-refractivity contribution in [2.75, 3.05) is 31.1 Å². The van der Waals surface area contributed by atoms with Gasteiger partial charge in [0, 0.05) is 47.5 Å². The Hall–Kier alpha value is -4.24. The Morgan fingerprint density at radius 3 is 2.06 bits per heavy atom. The van der Waals surface area contributed by atoms with Crippen LogP contribution in [0, 0.1) is 5.82 Å². The van der Waals surface area contributed by atoms with Gasteiger partial charge in [-0.15, -0.1) is 10.2 Å². The molecule has 1 aromatic heterocycles. The number of amides is 1. The van der Waals surface area contributed by atoms with Crippen LogP contribution in [0.25, 0.3) is 21.9 Å². The first-order valence-electron chi connectivity index (χ1n) is 15.5. The van der Waals surface area contributed by atoms with Crippen molar-refractivity contribution < 1.29 is 13.6 Å². The largest absolute Gasteiger partial charge is 0.533 e. The average Bonchev–Trinajstić information content (AvgIpc) is 3.07. The second-order valence-corrected chi connectivity index (χ2v) is 17.6. The lowest BCUT2D eigenvalue weighted by atomic mass is 10.0. The highest BCUT2D eigenvalue weighted by Crippen LogP contribution is 2.45. The van der Waals surface area contributed by atoms with Gasteiger partial charge in [0.1, 0.15) is 11.6 Å². The van der Waals surface area contributed by atoms with Gasteiger partial charge in [-0.2, -0.15) is 0 Å². The summed E-state index contributed by atoms with van der Waals surface area (Å²) in [6.07, 6.45) is 1.32. The van der Waals surface area contributed by atoms with E-state index >= 15 is 4.39 Å². The van der Waals surface area contributed by atoms with Crippen molar-refractivity contribution in [2.24, 2.45) is 0 Å². The van der Waals surface area contributed by atoms with E-state index in [1.807, 2.05) is 36.4 Å². The molecular formula is C37H35Cl2FN4O2Si. The molecule has 5 aromatic rings. The van der Waals surface area contributed by atoms with E-state index in [-0.39, 0.29) is 21.7 Å². The van der Waals surface area contributed by atoms with Gasteiger partial charge in [-0.1, -0.05) is 117 Å². The quantitative estimate of drug-likeness (QED) is 0.131. The molecule has 1 amide bonds. The van der Waals surface area contributed by atoms with Crippen LogP contribution in [0.15, 0.2) is 104 Å². The molecule has 1 saturated heterocycles. The van der Waals surface area contributed by atoms with Crippen LogP contribution < -0.4 is 19.7 Å². The molecule has 0 aliphatic carbocycles. The van der Waals surface area contributed by atoms with E-state index in [9.17, 15) is 4.79 Å². The van der Waals surface area contributed by atoms with Crippen molar-refractivity contribution in [2.45, 2.75) is 25.8 Å². The first-order chi connectivity index (χ1) is 22.5. The molecule has 0 spiro atoms. The highest BCUT2D eigenvalue weighted by Gasteiger charge is 2.52. The number of fused-ring (bicyclic) bond motifs is 1. The Labute approximate surface area is 285 Å². The lowest BCUT2D eigenvalue weighted by Crippen LogP contribution is -2.68. The van der Waals surface area contributed by atoms with Gasteiger partial charge >= 0.3 is 8.32 Å². The van der Waals surface area contributed by atoms with Crippen LogP contribution >= 0.6 is 23.2 Å². The van der Waals surface area contributed by atoms with Crippen molar-refractivity contribution in [3.05, 3.63) is 120 Å². The maximum Gasteiger partial charge on any atom is 0.319 e. The van der Waals surface area contributed by atoms with Gasteiger partial charge in [-0.05, 0) is 45.8 Å².